The number of rotatable bonds is 12. The van der Waals surface area contributed by atoms with Crippen molar-refractivity contribution in [2.75, 3.05) is 10.8 Å². The molecular weight excluding hydrogens is 724 g/mol. The highest BCUT2D eigenvalue weighted by atomic mass is 35.5. The second kappa shape index (κ2) is 16.6. The summed E-state index contributed by atoms with van der Waals surface area (Å²) >= 11 is 25.7. The van der Waals surface area contributed by atoms with Gasteiger partial charge in [0.25, 0.3) is 10.0 Å². The van der Waals surface area contributed by atoms with Gasteiger partial charge in [-0.05, 0) is 73.4 Å². The van der Waals surface area contributed by atoms with Crippen LogP contribution in [0.1, 0.15) is 48.8 Å². The Morgan fingerprint density at radius 2 is 1.47 bits per heavy atom. The van der Waals surface area contributed by atoms with Crippen LogP contribution in [-0.4, -0.2) is 43.8 Å². The first kappa shape index (κ1) is 37.0. The predicted molar refractivity (Wildman–Crippen MR) is 198 cm³/mol. The number of sulfonamides is 1. The maximum absolute atomic E-state index is 14.8. The summed E-state index contributed by atoms with van der Waals surface area (Å²) in [6.45, 7) is 1.08. The van der Waals surface area contributed by atoms with Gasteiger partial charge in [-0.15, -0.1) is 0 Å². The monoisotopic (exact) mass is 759 g/mol. The summed E-state index contributed by atoms with van der Waals surface area (Å²) in [4.78, 5) is 30.4. The quantitative estimate of drug-likeness (QED) is 0.156. The van der Waals surface area contributed by atoms with E-state index in [1.807, 2.05) is 37.3 Å². The maximum Gasteiger partial charge on any atom is 0.264 e. The molecule has 0 aromatic heterocycles. The number of aryl methyl sites for hydroxylation is 1. The molecule has 4 aromatic rings. The largest absolute Gasteiger partial charge is 0.352 e. The minimum atomic E-state index is -4.35. The molecule has 1 N–H and O–H groups in total. The summed E-state index contributed by atoms with van der Waals surface area (Å²) in [5, 5.41) is 4.22. The Kier molecular flexibility index (Phi) is 12.6. The van der Waals surface area contributed by atoms with E-state index in [4.69, 9.17) is 46.4 Å². The third-order valence-corrected chi connectivity index (χ3v) is 11.6. The van der Waals surface area contributed by atoms with Gasteiger partial charge in [-0.1, -0.05) is 120 Å². The van der Waals surface area contributed by atoms with Crippen LogP contribution in [0.3, 0.4) is 0 Å². The average molecular weight is 762 g/mol. The molecule has 1 saturated carbocycles. The molecule has 2 amide bonds. The summed E-state index contributed by atoms with van der Waals surface area (Å²) in [5.74, 6) is -0.972. The highest BCUT2D eigenvalue weighted by molar-refractivity contribution is 7.92. The molecule has 0 saturated heterocycles. The normalized spacial score (nSPS) is 14.2. The Hall–Kier alpha value is -3.27. The molecule has 0 heterocycles. The van der Waals surface area contributed by atoms with E-state index in [9.17, 15) is 18.0 Å². The number of halogens is 4. The lowest BCUT2D eigenvalue weighted by Gasteiger charge is -2.35. The molecule has 1 fully saturated rings. The zero-order valence-corrected chi connectivity index (χ0v) is 30.8. The number of nitrogens with one attached hydrogen (secondary N) is 1. The molecule has 4 aromatic carbocycles. The lowest BCUT2D eigenvalue weighted by atomic mass is 9.94. The summed E-state index contributed by atoms with van der Waals surface area (Å²) < 4.78 is 29.6. The van der Waals surface area contributed by atoms with Crippen LogP contribution in [0.15, 0.2) is 95.9 Å². The van der Waals surface area contributed by atoms with Gasteiger partial charge in [-0.2, -0.15) is 0 Å². The maximum atomic E-state index is 14.8. The first-order valence-electron chi connectivity index (χ1n) is 16.0. The third-order valence-electron chi connectivity index (χ3n) is 8.64. The van der Waals surface area contributed by atoms with Gasteiger partial charge >= 0.3 is 0 Å². The number of benzene rings is 4. The number of nitrogens with zero attached hydrogens (tertiary/aromatic N) is 2. The summed E-state index contributed by atoms with van der Waals surface area (Å²) in [6.07, 6.45) is 4.98. The van der Waals surface area contributed by atoms with Gasteiger partial charge in [-0.3, -0.25) is 13.9 Å². The summed E-state index contributed by atoms with van der Waals surface area (Å²) in [5.41, 5.74) is 2.25. The second-order valence-electron chi connectivity index (χ2n) is 12.2. The van der Waals surface area contributed by atoms with Crippen LogP contribution in [0.2, 0.25) is 20.1 Å². The molecule has 49 heavy (non-hydrogen) atoms. The van der Waals surface area contributed by atoms with Crippen LogP contribution in [0.4, 0.5) is 5.69 Å². The van der Waals surface area contributed by atoms with Crippen LogP contribution in [0, 0.1) is 6.92 Å². The smallest absolute Gasteiger partial charge is 0.264 e. The Labute approximate surface area is 308 Å². The molecule has 7 nitrogen and oxygen atoms in total. The van der Waals surface area contributed by atoms with Crippen molar-refractivity contribution < 1.29 is 18.0 Å². The first-order chi connectivity index (χ1) is 23.4. The van der Waals surface area contributed by atoms with Crippen molar-refractivity contribution in [3.05, 3.63) is 128 Å². The fraction of sp³-hybridized carbons (Fsp3) is 0.297. The van der Waals surface area contributed by atoms with E-state index in [-0.39, 0.29) is 45.5 Å². The van der Waals surface area contributed by atoms with Gasteiger partial charge in [0.2, 0.25) is 11.8 Å². The number of amides is 2. The third kappa shape index (κ3) is 9.50. The highest BCUT2D eigenvalue weighted by Gasteiger charge is 2.36. The summed E-state index contributed by atoms with van der Waals surface area (Å²) in [7, 11) is -4.35. The molecule has 1 atom stereocenters. The van der Waals surface area contributed by atoms with Gasteiger partial charge in [0.05, 0.1) is 15.6 Å². The SMILES string of the molecule is Cc1ccc(S(=O)(=O)N(CC(=O)N(Cc2ccc(Cl)cc2Cl)[C@H](Cc2ccccc2)C(=O)NC2CCCCC2)c2cc(Cl)ccc2Cl)cc1. The Morgan fingerprint density at radius 1 is 0.816 bits per heavy atom. The van der Waals surface area contributed by atoms with Crippen molar-refractivity contribution in [1.82, 2.24) is 10.2 Å². The van der Waals surface area contributed by atoms with Gasteiger partial charge in [0.1, 0.15) is 12.6 Å². The molecular formula is C37H37Cl4N3O4S. The molecule has 0 bridgehead atoms. The zero-order valence-electron chi connectivity index (χ0n) is 26.9. The van der Waals surface area contributed by atoms with E-state index in [0.717, 1.165) is 47.5 Å². The molecule has 12 heteroatoms. The van der Waals surface area contributed by atoms with Gasteiger partial charge < -0.3 is 10.2 Å². The molecule has 0 unspecified atom stereocenters. The van der Waals surface area contributed by atoms with Crippen molar-refractivity contribution in [3.63, 3.8) is 0 Å². The van der Waals surface area contributed by atoms with Crippen molar-refractivity contribution >= 4 is 73.9 Å². The molecule has 1 aliphatic rings. The van der Waals surface area contributed by atoms with E-state index in [2.05, 4.69) is 5.32 Å². The number of hydrogen-bond donors (Lipinski definition) is 1. The highest BCUT2D eigenvalue weighted by Crippen LogP contribution is 2.34. The first-order valence-corrected chi connectivity index (χ1v) is 19.0. The van der Waals surface area contributed by atoms with E-state index in [1.54, 1.807) is 30.3 Å². The molecule has 0 aliphatic heterocycles. The topological polar surface area (TPSA) is 86.8 Å². The number of carbonyl (C=O) groups excluding carboxylic acids is 2. The zero-order chi connectivity index (χ0) is 35.1. The molecule has 258 valence electrons. The second-order valence-corrected chi connectivity index (χ2v) is 15.8. The van der Waals surface area contributed by atoms with Gasteiger partial charge in [0, 0.05) is 34.1 Å². The Morgan fingerprint density at radius 3 is 2.14 bits per heavy atom. The van der Waals surface area contributed by atoms with Crippen LogP contribution in [0.25, 0.3) is 0 Å². The predicted octanol–water partition coefficient (Wildman–Crippen LogP) is 8.89. The van der Waals surface area contributed by atoms with Crippen molar-refractivity contribution in [2.24, 2.45) is 0 Å². The lowest BCUT2D eigenvalue weighted by molar-refractivity contribution is -0.140. The van der Waals surface area contributed by atoms with Crippen LogP contribution >= 0.6 is 46.4 Å². The Bertz CT molecular complexity index is 1890. The Balaban J connectivity index is 1.60. The number of anilines is 1. The fourth-order valence-corrected chi connectivity index (χ4v) is 8.29. The van der Waals surface area contributed by atoms with E-state index < -0.39 is 28.5 Å². The van der Waals surface area contributed by atoms with Crippen LogP contribution in [-0.2, 0) is 32.6 Å². The van der Waals surface area contributed by atoms with Crippen molar-refractivity contribution in [1.29, 1.82) is 0 Å². The average Bonchev–Trinajstić information content (AvgIpc) is 3.08. The number of carbonyl (C=O) groups is 2. The summed E-state index contributed by atoms with van der Waals surface area (Å²) in [6, 6.07) is 24.0. The molecule has 5 rings (SSSR count). The standard InChI is InChI=1S/C37H37Cl4N3O4S/c1-25-12-17-31(18-13-25)49(47,48)44(34-22-29(39)16-19-32(34)40)24-36(45)43(23-27-14-15-28(38)21-33(27)41)35(20-26-8-4-2-5-9-26)37(46)42-30-10-6-3-7-11-30/h2,4-5,8-9,12-19,21-22,30,35H,3,6-7,10-11,20,23-24H2,1H3,(H,42,46)/t35-/m1/s1. The number of hydrogen-bond acceptors (Lipinski definition) is 4. The van der Waals surface area contributed by atoms with Crippen LogP contribution < -0.4 is 9.62 Å². The van der Waals surface area contributed by atoms with Gasteiger partial charge in [0.15, 0.2) is 0 Å². The van der Waals surface area contributed by atoms with Crippen molar-refractivity contribution in [3.8, 4) is 0 Å². The van der Waals surface area contributed by atoms with E-state index in [1.165, 1.54) is 35.2 Å². The lowest BCUT2D eigenvalue weighted by Crippen LogP contribution is -2.55. The van der Waals surface area contributed by atoms with E-state index in [0.29, 0.717) is 15.6 Å². The fourth-order valence-electron chi connectivity index (χ4n) is 5.96. The van der Waals surface area contributed by atoms with Crippen molar-refractivity contribution in [2.45, 2.75) is 69.0 Å². The minimum absolute atomic E-state index is 0.0267. The van der Waals surface area contributed by atoms with E-state index >= 15 is 0 Å². The molecule has 1 aliphatic carbocycles. The molecule has 0 spiro atoms. The van der Waals surface area contributed by atoms with Crippen LogP contribution in [0.5, 0.6) is 0 Å². The minimum Gasteiger partial charge on any atom is -0.352 e. The molecule has 0 radical (unpaired) electrons. The van der Waals surface area contributed by atoms with Gasteiger partial charge in [-0.25, -0.2) is 8.42 Å².